The van der Waals surface area contributed by atoms with E-state index < -0.39 is 0 Å². The molecule has 0 atom stereocenters. The van der Waals surface area contributed by atoms with Crippen molar-refractivity contribution >= 4 is 29.6 Å². The average molecular weight is 301 g/mol. The normalized spacial score (nSPS) is 18.4. The monoisotopic (exact) mass is 301 g/mol. The molecule has 1 aliphatic heterocycles. The lowest BCUT2D eigenvalue weighted by atomic mass is 10.1. The van der Waals surface area contributed by atoms with Crippen molar-refractivity contribution in [3.05, 3.63) is 66.0 Å². The standard InChI is InChI=1S/C17H19NS2/c1-18-12-5-9-16(18)10-11-17(19-13-6-14-20-17)15-7-3-2-4-8-15/h2-5,7-12H,6,13-14H2,1H3/b11-10+. The molecule has 1 aliphatic rings. The Bertz CT molecular complexity index is 580. The van der Waals surface area contributed by atoms with E-state index in [2.05, 4.69) is 96.0 Å². The molecule has 0 spiro atoms. The van der Waals surface area contributed by atoms with Gasteiger partial charge in [0.1, 0.15) is 4.08 Å². The van der Waals surface area contributed by atoms with Crippen molar-refractivity contribution < 1.29 is 0 Å². The molecular formula is C17H19NS2. The Hall–Kier alpha value is -1.06. The van der Waals surface area contributed by atoms with Gasteiger partial charge >= 0.3 is 0 Å². The van der Waals surface area contributed by atoms with E-state index >= 15 is 0 Å². The summed E-state index contributed by atoms with van der Waals surface area (Å²) in [6, 6.07) is 15.1. The first-order valence-electron chi connectivity index (χ1n) is 6.94. The van der Waals surface area contributed by atoms with Crippen LogP contribution in [0, 0.1) is 0 Å². The number of benzene rings is 1. The van der Waals surface area contributed by atoms with Crippen molar-refractivity contribution in [1.82, 2.24) is 4.57 Å². The van der Waals surface area contributed by atoms with Crippen LogP contribution in [0.4, 0.5) is 0 Å². The summed E-state index contributed by atoms with van der Waals surface area (Å²) in [5.41, 5.74) is 2.66. The highest BCUT2D eigenvalue weighted by molar-refractivity contribution is 8.18. The minimum Gasteiger partial charge on any atom is -0.351 e. The summed E-state index contributed by atoms with van der Waals surface area (Å²) in [4.78, 5) is 0. The fourth-order valence-corrected chi connectivity index (χ4v) is 5.55. The third kappa shape index (κ3) is 2.84. The highest BCUT2D eigenvalue weighted by atomic mass is 32.2. The largest absolute Gasteiger partial charge is 0.351 e. The van der Waals surface area contributed by atoms with E-state index in [-0.39, 0.29) is 4.08 Å². The van der Waals surface area contributed by atoms with Gasteiger partial charge in [0.05, 0.1) is 0 Å². The number of hydrogen-bond acceptors (Lipinski definition) is 2. The summed E-state index contributed by atoms with van der Waals surface area (Å²) in [5.74, 6) is 2.47. The molecule has 1 aromatic carbocycles. The quantitative estimate of drug-likeness (QED) is 0.805. The molecule has 0 amide bonds. The second-order valence-corrected chi connectivity index (χ2v) is 7.90. The third-order valence-corrected chi connectivity index (χ3v) is 6.85. The zero-order valence-corrected chi connectivity index (χ0v) is 13.3. The van der Waals surface area contributed by atoms with Gasteiger partial charge in [-0.15, -0.1) is 23.5 Å². The number of aromatic nitrogens is 1. The molecule has 2 heterocycles. The molecule has 0 aliphatic carbocycles. The van der Waals surface area contributed by atoms with E-state index in [0.29, 0.717) is 0 Å². The van der Waals surface area contributed by atoms with Crippen LogP contribution < -0.4 is 0 Å². The summed E-state index contributed by atoms with van der Waals surface area (Å²) in [6.45, 7) is 0. The van der Waals surface area contributed by atoms with Crippen molar-refractivity contribution in [1.29, 1.82) is 0 Å². The van der Waals surface area contributed by atoms with Crippen molar-refractivity contribution in [2.45, 2.75) is 10.5 Å². The van der Waals surface area contributed by atoms with Crippen LogP contribution in [0.5, 0.6) is 0 Å². The summed E-state index contributed by atoms with van der Waals surface area (Å²) < 4.78 is 2.23. The van der Waals surface area contributed by atoms with Gasteiger partial charge in [0.25, 0.3) is 0 Å². The maximum atomic E-state index is 2.38. The Kier molecular flexibility index (Phi) is 4.27. The van der Waals surface area contributed by atoms with Crippen LogP contribution in [0.2, 0.25) is 0 Å². The van der Waals surface area contributed by atoms with Crippen LogP contribution in [-0.2, 0) is 11.1 Å². The Morgan fingerprint density at radius 3 is 2.45 bits per heavy atom. The van der Waals surface area contributed by atoms with E-state index in [4.69, 9.17) is 0 Å². The summed E-state index contributed by atoms with van der Waals surface area (Å²) in [7, 11) is 2.09. The van der Waals surface area contributed by atoms with E-state index in [1.165, 1.54) is 29.2 Å². The zero-order valence-electron chi connectivity index (χ0n) is 11.7. The van der Waals surface area contributed by atoms with Crippen molar-refractivity contribution in [2.75, 3.05) is 11.5 Å². The van der Waals surface area contributed by atoms with Crippen molar-refractivity contribution in [2.24, 2.45) is 7.05 Å². The Morgan fingerprint density at radius 2 is 1.80 bits per heavy atom. The maximum absolute atomic E-state index is 2.38. The Balaban J connectivity index is 1.94. The molecule has 0 saturated carbocycles. The predicted molar refractivity (Wildman–Crippen MR) is 92.1 cm³/mol. The second kappa shape index (κ2) is 6.15. The number of rotatable bonds is 3. The molecule has 20 heavy (non-hydrogen) atoms. The Labute approximate surface area is 129 Å². The van der Waals surface area contributed by atoms with E-state index in [1.807, 2.05) is 0 Å². The minimum absolute atomic E-state index is 0.0732. The molecule has 0 bridgehead atoms. The SMILES string of the molecule is Cn1cccc1/C=C/C1(c2ccccc2)SCCCS1. The molecule has 2 aromatic rings. The number of nitrogens with zero attached hydrogens (tertiary/aromatic N) is 1. The van der Waals surface area contributed by atoms with Crippen LogP contribution >= 0.6 is 23.5 Å². The van der Waals surface area contributed by atoms with Gasteiger partial charge in [-0.05, 0) is 41.7 Å². The molecule has 3 rings (SSSR count). The van der Waals surface area contributed by atoms with Gasteiger partial charge in [-0.2, -0.15) is 0 Å². The highest BCUT2D eigenvalue weighted by Crippen LogP contribution is 2.51. The van der Waals surface area contributed by atoms with Crippen LogP contribution in [-0.4, -0.2) is 16.1 Å². The van der Waals surface area contributed by atoms with Gasteiger partial charge in [0, 0.05) is 18.9 Å². The van der Waals surface area contributed by atoms with Crippen LogP contribution in [0.25, 0.3) is 6.08 Å². The lowest BCUT2D eigenvalue weighted by Crippen LogP contribution is -2.20. The van der Waals surface area contributed by atoms with Crippen molar-refractivity contribution in [3.63, 3.8) is 0 Å². The van der Waals surface area contributed by atoms with Crippen LogP contribution in [0.1, 0.15) is 17.7 Å². The van der Waals surface area contributed by atoms with Gasteiger partial charge in [-0.25, -0.2) is 0 Å². The molecule has 1 aromatic heterocycles. The van der Waals surface area contributed by atoms with E-state index in [0.717, 1.165) is 0 Å². The van der Waals surface area contributed by atoms with Crippen LogP contribution in [0.3, 0.4) is 0 Å². The molecule has 0 unspecified atom stereocenters. The van der Waals surface area contributed by atoms with Crippen LogP contribution in [0.15, 0.2) is 54.7 Å². The summed E-state index contributed by atoms with van der Waals surface area (Å²) in [5, 5.41) is 0. The molecule has 0 radical (unpaired) electrons. The molecule has 3 heteroatoms. The molecule has 1 nitrogen and oxygen atoms in total. The molecule has 1 saturated heterocycles. The van der Waals surface area contributed by atoms with Gasteiger partial charge in [0.2, 0.25) is 0 Å². The number of aryl methyl sites for hydroxylation is 1. The maximum Gasteiger partial charge on any atom is 0.105 e. The van der Waals surface area contributed by atoms with Gasteiger partial charge in [0.15, 0.2) is 0 Å². The fraction of sp³-hybridized carbons (Fsp3) is 0.294. The molecule has 104 valence electrons. The number of thioether (sulfide) groups is 2. The number of hydrogen-bond donors (Lipinski definition) is 0. The minimum atomic E-state index is 0.0732. The lowest BCUT2D eigenvalue weighted by Gasteiger charge is -2.34. The first kappa shape index (κ1) is 13.9. The first-order valence-corrected chi connectivity index (χ1v) is 8.91. The van der Waals surface area contributed by atoms with Gasteiger partial charge in [-0.1, -0.05) is 36.4 Å². The van der Waals surface area contributed by atoms with E-state index in [1.54, 1.807) is 0 Å². The second-order valence-electron chi connectivity index (χ2n) is 4.96. The topological polar surface area (TPSA) is 4.93 Å². The van der Waals surface area contributed by atoms with Gasteiger partial charge < -0.3 is 4.57 Å². The predicted octanol–water partition coefficient (Wildman–Crippen LogP) is 4.76. The summed E-state index contributed by atoms with van der Waals surface area (Å²) in [6.07, 6.45) is 8.04. The third-order valence-electron chi connectivity index (χ3n) is 3.56. The fourth-order valence-electron chi connectivity index (χ4n) is 2.42. The zero-order chi connectivity index (χ0) is 13.8. The Morgan fingerprint density at radius 1 is 1.05 bits per heavy atom. The van der Waals surface area contributed by atoms with Gasteiger partial charge in [-0.3, -0.25) is 0 Å². The summed E-state index contributed by atoms with van der Waals surface area (Å²) >= 11 is 4.12. The molecule has 1 fully saturated rings. The van der Waals surface area contributed by atoms with E-state index in [9.17, 15) is 0 Å². The smallest absolute Gasteiger partial charge is 0.105 e. The average Bonchev–Trinajstić information content (AvgIpc) is 2.92. The first-order chi connectivity index (χ1) is 9.80. The lowest BCUT2D eigenvalue weighted by molar-refractivity contribution is 0.913. The molecule has 0 N–H and O–H groups in total. The molecular weight excluding hydrogens is 282 g/mol. The highest BCUT2D eigenvalue weighted by Gasteiger charge is 2.32. The van der Waals surface area contributed by atoms with Crippen molar-refractivity contribution in [3.8, 4) is 0 Å².